The van der Waals surface area contributed by atoms with E-state index in [2.05, 4.69) is 25.2 Å². The lowest BCUT2D eigenvalue weighted by atomic mass is 10.0. The van der Waals surface area contributed by atoms with Gasteiger partial charge in [0.05, 0.1) is 12.9 Å². The lowest BCUT2D eigenvalue weighted by Crippen LogP contribution is -1.94. The summed E-state index contributed by atoms with van der Waals surface area (Å²) in [6, 6.07) is 0. The molecule has 1 rings (SSSR count). The first-order valence-electron chi connectivity index (χ1n) is 10.6. The predicted octanol–water partition coefficient (Wildman–Crippen LogP) is 7.12. The summed E-state index contributed by atoms with van der Waals surface area (Å²) in [5.74, 6) is 0. The molecule has 0 aromatic heterocycles. The van der Waals surface area contributed by atoms with E-state index in [0.29, 0.717) is 12.7 Å². The average Bonchev–Trinajstić information content (AvgIpc) is 3.44. The van der Waals surface area contributed by atoms with Crippen LogP contribution in [0, 0.1) is 0 Å². The van der Waals surface area contributed by atoms with E-state index in [1.54, 1.807) is 6.26 Å². The molecule has 1 saturated heterocycles. The van der Waals surface area contributed by atoms with Gasteiger partial charge in [-0.25, -0.2) is 0 Å². The Hall–Kier alpha value is -1.02. The van der Waals surface area contributed by atoms with Gasteiger partial charge in [-0.3, -0.25) is 0 Å². The molecule has 25 heavy (non-hydrogen) atoms. The number of ether oxygens (including phenoxy) is 2. The van der Waals surface area contributed by atoms with Crippen LogP contribution < -0.4 is 0 Å². The molecule has 0 saturated carbocycles. The van der Waals surface area contributed by atoms with Crippen LogP contribution in [0.5, 0.6) is 0 Å². The van der Waals surface area contributed by atoms with E-state index in [9.17, 15) is 0 Å². The normalized spacial score (nSPS) is 17.2. The van der Waals surface area contributed by atoms with Crippen molar-refractivity contribution in [2.75, 3.05) is 13.2 Å². The van der Waals surface area contributed by atoms with Crippen LogP contribution in [0.25, 0.3) is 0 Å². The fraction of sp³-hybridized carbons (Fsp3) is 0.739. The number of epoxide rings is 1. The van der Waals surface area contributed by atoms with Crippen LogP contribution in [0.4, 0.5) is 0 Å². The van der Waals surface area contributed by atoms with Crippen LogP contribution in [-0.2, 0) is 9.47 Å². The Bertz CT molecular complexity index is 353. The Morgan fingerprint density at radius 1 is 0.760 bits per heavy atom. The van der Waals surface area contributed by atoms with Gasteiger partial charge in [0.2, 0.25) is 0 Å². The Labute approximate surface area is 156 Å². The van der Waals surface area contributed by atoms with Crippen LogP contribution in [0.3, 0.4) is 0 Å². The van der Waals surface area contributed by atoms with Crippen molar-refractivity contribution in [2.24, 2.45) is 0 Å². The minimum absolute atomic E-state index is 0.337. The topological polar surface area (TPSA) is 21.8 Å². The standard InChI is InChI=1S/C23H40O2/c1-2-3-4-5-6-7-8-9-10-11-12-13-14-15-16-17-18-19-20-24-21-23-22-25-23/h15-20,23H,2-14,21-22H2,1H3. The molecule has 1 atom stereocenters. The highest BCUT2D eigenvalue weighted by Crippen LogP contribution is 2.12. The predicted molar refractivity (Wildman–Crippen MR) is 109 cm³/mol. The van der Waals surface area contributed by atoms with Crippen LogP contribution in [0.1, 0.15) is 90.4 Å². The van der Waals surface area contributed by atoms with Gasteiger partial charge in [-0.1, -0.05) is 102 Å². The molecule has 1 heterocycles. The first kappa shape index (κ1) is 22.0. The van der Waals surface area contributed by atoms with Crippen molar-refractivity contribution in [3.63, 3.8) is 0 Å². The van der Waals surface area contributed by atoms with E-state index in [0.717, 1.165) is 6.61 Å². The minimum atomic E-state index is 0.337. The summed E-state index contributed by atoms with van der Waals surface area (Å²) in [4.78, 5) is 0. The molecule has 0 amide bonds. The summed E-state index contributed by atoms with van der Waals surface area (Å²) in [5.41, 5.74) is 0. The van der Waals surface area contributed by atoms with Gasteiger partial charge in [-0.05, 0) is 18.9 Å². The number of unbranched alkanes of at least 4 members (excludes halogenated alkanes) is 12. The molecule has 0 aromatic rings. The maximum absolute atomic E-state index is 5.31. The van der Waals surface area contributed by atoms with Crippen LogP contribution >= 0.6 is 0 Å². The second-order valence-corrected chi connectivity index (χ2v) is 7.11. The number of allylic oxidation sites excluding steroid dienone is 5. The van der Waals surface area contributed by atoms with E-state index in [1.165, 1.54) is 83.5 Å². The largest absolute Gasteiger partial charge is 0.498 e. The molecule has 0 aromatic carbocycles. The maximum Gasteiger partial charge on any atom is 0.116 e. The summed E-state index contributed by atoms with van der Waals surface area (Å²) in [5, 5.41) is 0. The molecule has 1 fully saturated rings. The fourth-order valence-electron chi connectivity index (χ4n) is 2.83. The van der Waals surface area contributed by atoms with Gasteiger partial charge in [0.1, 0.15) is 12.7 Å². The van der Waals surface area contributed by atoms with Crippen molar-refractivity contribution in [3.05, 3.63) is 36.6 Å². The van der Waals surface area contributed by atoms with Crippen molar-refractivity contribution in [2.45, 2.75) is 96.5 Å². The van der Waals surface area contributed by atoms with Gasteiger partial charge in [-0.15, -0.1) is 0 Å². The first-order valence-corrected chi connectivity index (χ1v) is 10.6. The van der Waals surface area contributed by atoms with Crippen LogP contribution in [0.2, 0.25) is 0 Å². The molecule has 1 aliphatic rings. The second kappa shape index (κ2) is 17.8. The molecular formula is C23H40O2. The third-order valence-corrected chi connectivity index (χ3v) is 4.55. The fourth-order valence-corrected chi connectivity index (χ4v) is 2.83. The van der Waals surface area contributed by atoms with Gasteiger partial charge in [0.15, 0.2) is 0 Å². The molecule has 0 radical (unpaired) electrons. The summed E-state index contributed by atoms with van der Waals surface area (Å²) < 4.78 is 10.4. The van der Waals surface area contributed by atoms with Crippen LogP contribution in [0.15, 0.2) is 36.6 Å². The third kappa shape index (κ3) is 17.6. The van der Waals surface area contributed by atoms with Crippen molar-refractivity contribution in [3.8, 4) is 0 Å². The van der Waals surface area contributed by atoms with Crippen molar-refractivity contribution < 1.29 is 9.47 Å². The highest BCUT2D eigenvalue weighted by Gasteiger charge is 2.22. The number of rotatable bonds is 18. The lowest BCUT2D eigenvalue weighted by molar-refractivity contribution is 0.212. The summed E-state index contributed by atoms with van der Waals surface area (Å²) >= 11 is 0. The van der Waals surface area contributed by atoms with Gasteiger partial charge >= 0.3 is 0 Å². The zero-order chi connectivity index (χ0) is 17.8. The molecule has 144 valence electrons. The molecule has 0 bridgehead atoms. The Kier molecular flexibility index (Phi) is 15.7. The van der Waals surface area contributed by atoms with Gasteiger partial charge < -0.3 is 9.47 Å². The van der Waals surface area contributed by atoms with E-state index in [1.807, 2.05) is 12.2 Å². The van der Waals surface area contributed by atoms with Crippen molar-refractivity contribution in [1.29, 1.82) is 0 Å². The van der Waals surface area contributed by atoms with Gasteiger partial charge in [-0.2, -0.15) is 0 Å². The SMILES string of the molecule is CCCCCCCCCCCCCCC=CC=CC=COCC1CO1. The third-order valence-electron chi connectivity index (χ3n) is 4.55. The summed E-state index contributed by atoms with van der Waals surface area (Å²) in [6.45, 7) is 3.82. The highest BCUT2D eigenvalue weighted by atomic mass is 16.6. The van der Waals surface area contributed by atoms with Crippen LogP contribution in [-0.4, -0.2) is 19.3 Å². The van der Waals surface area contributed by atoms with E-state index in [-0.39, 0.29) is 0 Å². The first-order chi connectivity index (χ1) is 12.4. The Morgan fingerprint density at radius 2 is 1.32 bits per heavy atom. The molecular weight excluding hydrogens is 308 g/mol. The lowest BCUT2D eigenvalue weighted by Gasteiger charge is -2.02. The molecule has 2 nitrogen and oxygen atoms in total. The Morgan fingerprint density at radius 3 is 1.92 bits per heavy atom. The molecule has 0 spiro atoms. The van der Waals surface area contributed by atoms with Crippen molar-refractivity contribution in [1.82, 2.24) is 0 Å². The van der Waals surface area contributed by atoms with E-state index >= 15 is 0 Å². The molecule has 0 aliphatic carbocycles. The molecule has 2 heteroatoms. The molecule has 1 unspecified atom stereocenters. The number of hydrogen-bond acceptors (Lipinski definition) is 2. The smallest absolute Gasteiger partial charge is 0.116 e. The van der Waals surface area contributed by atoms with Crippen molar-refractivity contribution >= 4 is 0 Å². The molecule has 1 aliphatic heterocycles. The zero-order valence-corrected chi connectivity index (χ0v) is 16.5. The molecule has 0 N–H and O–H groups in total. The quantitative estimate of drug-likeness (QED) is 0.114. The summed E-state index contributed by atoms with van der Waals surface area (Å²) in [6.07, 6.45) is 30.6. The average molecular weight is 349 g/mol. The Balaban J connectivity index is 1.73. The summed E-state index contributed by atoms with van der Waals surface area (Å²) in [7, 11) is 0. The minimum Gasteiger partial charge on any atom is -0.498 e. The maximum atomic E-state index is 5.31. The number of hydrogen-bond donors (Lipinski definition) is 0. The van der Waals surface area contributed by atoms with Gasteiger partial charge in [0, 0.05) is 0 Å². The monoisotopic (exact) mass is 348 g/mol. The van der Waals surface area contributed by atoms with E-state index < -0.39 is 0 Å². The zero-order valence-electron chi connectivity index (χ0n) is 16.5. The second-order valence-electron chi connectivity index (χ2n) is 7.11. The highest BCUT2D eigenvalue weighted by molar-refractivity contribution is 5.09. The van der Waals surface area contributed by atoms with E-state index in [4.69, 9.17) is 9.47 Å². The van der Waals surface area contributed by atoms with Gasteiger partial charge in [0.25, 0.3) is 0 Å².